The fourth-order valence-corrected chi connectivity index (χ4v) is 2.43. The fourth-order valence-electron chi connectivity index (χ4n) is 2.43. The van der Waals surface area contributed by atoms with E-state index in [0.29, 0.717) is 29.3 Å². The van der Waals surface area contributed by atoms with Crippen LogP contribution in [0.25, 0.3) is 0 Å². The van der Waals surface area contributed by atoms with Crippen LogP contribution in [-0.2, 0) is 31.1 Å². The van der Waals surface area contributed by atoms with Crippen LogP contribution in [0.1, 0.15) is 41.0 Å². The minimum atomic E-state index is -0.377. The summed E-state index contributed by atoms with van der Waals surface area (Å²) in [6.07, 6.45) is 8.85. The molecule has 0 unspecified atom stereocenters. The number of nitrogens with zero attached hydrogens (tertiary/aromatic N) is 5. The van der Waals surface area contributed by atoms with Crippen LogP contribution in [0.3, 0.4) is 0 Å². The number of esters is 2. The van der Waals surface area contributed by atoms with Crippen LogP contribution in [0.5, 0.6) is 0 Å². The Morgan fingerprint density at radius 2 is 1.29 bits per heavy atom. The molecule has 2 aliphatic rings. The maximum absolute atomic E-state index is 11.1. The van der Waals surface area contributed by atoms with Crippen molar-refractivity contribution >= 4 is 34.8 Å². The predicted octanol–water partition coefficient (Wildman–Crippen LogP) is 3.15. The van der Waals surface area contributed by atoms with E-state index in [9.17, 15) is 9.59 Å². The molecular weight excluding hydrogens is 505 g/mol. The summed E-state index contributed by atoms with van der Waals surface area (Å²) in [6, 6.07) is 5.72. The van der Waals surface area contributed by atoms with Crippen molar-refractivity contribution in [1.29, 1.82) is 0 Å². The van der Waals surface area contributed by atoms with Crippen LogP contribution >= 0.6 is 0 Å². The molecule has 4 N–H and O–H groups in total. The van der Waals surface area contributed by atoms with E-state index in [-0.39, 0.29) is 46.5 Å². The number of cyclic esters (lactones) is 2. The van der Waals surface area contributed by atoms with E-state index in [2.05, 4.69) is 36.4 Å². The Hall–Kier alpha value is -3.58. The zero-order valence-corrected chi connectivity index (χ0v) is 21.0. The molecule has 12 nitrogen and oxygen atoms in total. The van der Waals surface area contributed by atoms with Gasteiger partial charge in [0, 0.05) is 35.1 Å². The van der Waals surface area contributed by atoms with Crippen LogP contribution < -0.4 is 0 Å². The third-order valence-corrected chi connectivity index (χ3v) is 4.71. The van der Waals surface area contributed by atoms with E-state index >= 15 is 0 Å². The molecule has 1 aromatic heterocycles. The van der Waals surface area contributed by atoms with E-state index < -0.39 is 0 Å². The van der Waals surface area contributed by atoms with Gasteiger partial charge in [-0.15, -0.1) is 0 Å². The molecular formula is C22H30CoN5O7-. The normalized spacial score (nSPS) is 21.5. The number of oxime groups is 4. The second kappa shape index (κ2) is 18.8. The van der Waals surface area contributed by atoms with E-state index in [1.807, 2.05) is 31.2 Å². The minimum absolute atomic E-state index is 0. The molecule has 0 bridgehead atoms. The third kappa shape index (κ3) is 12.4. The number of fused-ring (bicyclic) bond motifs is 1. The molecule has 1 aromatic rings. The van der Waals surface area contributed by atoms with Crippen molar-refractivity contribution in [3.63, 3.8) is 0 Å². The van der Waals surface area contributed by atoms with Gasteiger partial charge in [0.25, 0.3) is 0 Å². The van der Waals surface area contributed by atoms with Gasteiger partial charge in [0.15, 0.2) is 0 Å². The first-order valence-electron chi connectivity index (χ1n) is 10.1. The van der Waals surface area contributed by atoms with Gasteiger partial charge in [-0.3, -0.25) is 20.6 Å². The Bertz CT molecular complexity index is 843. The van der Waals surface area contributed by atoms with Crippen LogP contribution in [0.15, 0.2) is 57.3 Å². The first-order chi connectivity index (χ1) is 16.1. The summed E-state index contributed by atoms with van der Waals surface area (Å²) in [5.41, 5.74) is 1.25. The van der Waals surface area contributed by atoms with E-state index in [1.54, 1.807) is 12.4 Å². The fraction of sp³-hybridized carbons (Fsp3) is 0.409. The van der Waals surface area contributed by atoms with Gasteiger partial charge < -0.3 is 31.6 Å². The Morgan fingerprint density at radius 3 is 1.57 bits per heavy atom. The monoisotopic (exact) mass is 535 g/mol. The number of carbonyl (C=O) groups excluding carboxylic acids is 2. The molecule has 1 saturated heterocycles. The first-order valence-corrected chi connectivity index (χ1v) is 10.1. The third-order valence-electron chi connectivity index (χ3n) is 4.71. The molecule has 195 valence electrons. The molecule has 0 spiro atoms. The van der Waals surface area contributed by atoms with Gasteiger partial charge in [0.1, 0.15) is 22.8 Å². The number of carbonyl (C=O) groups is 2. The molecule has 35 heavy (non-hydrogen) atoms. The van der Waals surface area contributed by atoms with Gasteiger partial charge in [-0.1, -0.05) is 33.6 Å². The molecule has 1 radical (unpaired) electrons. The summed E-state index contributed by atoms with van der Waals surface area (Å²) in [4.78, 5) is 26.0. The molecule has 1 aliphatic heterocycles. The van der Waals surface area contributed by atoms with Gasteiger partial charge in [-0.05, 0) is 45.7 Å². The average molecular weight is 535 g/mol. The van der Waals surface area contributed by atoms with Crippen molar-refractivity contribution in [2.24, 2.45) is 38.4 Å². The largest absolute Gasteiger partial charge is 0.499 e. The number of ether oxygens (including phenoxy) is 1. The molecule has 0 saturated carbocycles. The molecule has 3 rings (SSSR count). The molecule has 1 fully saturated rings. The number of allylic oxidation sites excluding steroid dienone is 2. The molecule has 3 atom stereocenters. The number of pyridine rings is 1. The molecule has 2 heterocycles. The molecule has 13 heteroatoms. The summed E-state index contributed by atoms with van der Waals surface area (Å²) in [5.74, 6) is -1.17. The number of aromatic nitrogens is 1. The van der Waals surface area contributed by atoms with Crippen LogP contribution in [0.2, 0.25) is 0 Å². The summed E-state index contributed by atoms with van der Waals surface area (Å²) < 4.78 is 4.54. The average Bonchev–Trinajstić information content (AvgIpc) is 3.18. The number of rotatable bonds is 2. The van der Waals surface area contributed by atoms with Crippen molar-refractivity contribution in [3.05, 3.63) is 42.7 Å². The second-order valence-corrected chi connectivity index (χ2v) is 7.07. The topological polar surface area (TPSA) is 187 Å². The van der Waals surface area contributed by atoms with E-state index in [0.717, 1.165) is 0 Å². The molecule has 1 aliphatic carbocycles. The Morgan fingerprint density at radius 1 is 0.857 bits per heavy atom. The number of hydrogen-bond acceptors (Lipinski definition) is 12. The van der Waals surface area contributed by atoms with Gasteiger partial charge in [-0.2, -0.15) is 6.42 Å². The summed E-state index contributed by atoms with van der Waals surface area (Å²) >= 11 is 0. The quantitative estimate of drug-likeness (QED) is 0.111. The Balaban J connectivity index is 0. The smallest absolute Gasteiger partial charge is 0.317 e. The van der Waals surface area contributed by atoms with Crippen molar-refractivity contribution in [1.82, 2.24) is 4.98 Å². The van der Waals surface area contributed by atoms with Gasteiger partial charge in [-0.25, -0.2) is 0 Å². The van der Waals surface area contributed by atoms with Gasteiger partial charge >= 0.3 is 11.9 Å². The van der Waals surface area contributed by atoms with Gasteiger partial charge in [0.05, 0.1) is 5.92 Å². The van der Waals surface area contributed by atoms with Crippen LogP contribution in [0.4, 0.5) is 0 Å². The standard InChI is InChI=1S/C9H9O3.C5H5N.2C4H8N2O2.Co/c1-5-3-2-4-6-7(5)9(11)12-8(6)10;1-2-4-6-5-3-1;2*1-3(5-7)4(2)6-8;/h3,5-7H,4H2,1H3;1-5H;2*7-8H,1-2H3;/q-1;;;;/b;;2*5-3+,6-4+;/t5-,6-,7+;;;;/m0..../s1. The SMILES string of the molecule is CC(=N\O)/C(C)=N/O.CC(=N\O)/C(C)=N/O.C[C@H]1C=[C-]C[C@@H]2C(=O)OC(=O)[C@@H]21.[Co].c1ccncc1. The van der Waals surface area contributed by atoms with Crippen molar-refractivity contribution < 1.29 is 51.9 Å². The minimum Gasteiger partial charge on any atom is -0.499 e. The predicted molar refractivity (Wildman–Crippen MR) is 123 cm³/mol. The Labute approximate surface area is 214 Å². The zero-order chi connectivity index (χ0) is 26.1. The zero-order valence-electron chi connectivity index (χ0n) is 20.0. The molecule has 0 aromatic carbocycles. The van der Waals surface area contributed by atoms with Crippen molar-refractivity contribution in [2.45, 2.75) is 41.0 Å². The summed E-state index contributed by atoms with van der Waals surface area (Å²) in [7, 11) is 0. The van der Waals surface area contributed by atoms with Crippen molar-refractivity contribution in [2.75, 3.05) is 0 Å². The second-order valence-electron chi connectivity index (χ2n) is 7.07. The van der Waals surface area contributed by atoms with Gasteiger partial charge in [0.2, 0.25) is 0 Å². The first kappa shape index (κ1) is 33.6. The van der Waals surface area contributed by atoms with E-state index in [4.69, 9.17) is 20.8 Å². The van der Waals surface area contributed by atoms with E-state index in [1.165, 1.54) is 27.7 Å². The number of hydrogen-bond donors (Lipinski definition) is 4. The van der Waals surface area contributed by atoms with Crippen LogP contribution in [-0.4, -0.2) is 60.6 Å². The summed E-state index contributed by atoms with van der Waals surface area (Å²) in [6.45, 7) is 8.05. The van der Waals surface area contributed by atoms with Crippen molar-refractivity contribution in [3.8, 4) is 0 Å². The molecule has 0 amide bonds. The summed E-state index contributed by atoms with van der Waals surface area (Å²) in [5, 5.41) is 43.3. The maximum Gasteiger partial charge on any atom is 0.317 e. The maximum atomic E-state index is 11.1. The Kier molecular flexibility index (Phi) is 18.0. The van der Waals surface area contributed by atoms with Crippen LogP contribution in [0, 0.1) is 23.8 Å².